The van der Waals surface area contributed by atoms with Crippen LogP contribution in [0.5, 0.6) is 5.75 Å². The van der Waals surface area contributed by atoms with Gasteiger partial charge in [0, 0.05) is 45.1 Å². The van der Waals surface area contributed by atoms with Gasteiger partial charge in [0.2, 0.25) is 0 Å². The molecule has 1 fully saturated rings. The molecule has 0 radical (unpaired) electrons. The van der Waals surface area contributed by atoms with Crippen molar-refractivity contribution in [3.63, 3.8) is 0 Å². The number of hydrogen-bond acceptors (Lipinski definition) is 5. The zero-order chi connectivity index (χ0) is 20.1. The maximum atomic E-state index is 5.57. The van der Waals surface area contributed by atoms with Crippen molar-refractivity contribution in [2.75, 3.05) is 39.8 Å². The maximum Gasteiger partial charge on any atom is 0.119 e. The Kier molecular flexibility index (Phi) is 6.37. The summed E-state index contributed by atoms with van der Waals surface area (Å²) >= 11 is 0. The minimum Gasteiger partial charge on any atom is -0.494 e. The normalized spacial score (nSPS) is 18.6. The van der Waals surface area contributed by atoms with Crippen LogP contribution in [0, 0.1) is 5.92 Å². The van der Waals surface area contributed by atoms with E-state index in [1.54, 1.807) is 0 Å². The average Bonchev–Trinajstić information content (AvgIpc) is 2.91. The van der Waals surface area contributed by atoms with Crippen LogP contribution in [0.1, 0.15) is 18.1 Å². The molecule has 152 valence electrons. The van der Waals surface area contributed by atoms with E-state index >= 15 is 0 Å². The van der Waals surface area contributed by atoms with E-state index in [2.05, 4.69) is 57.1 Å². The summed E-state index contributed by atoms with van der Waals surface area (Å²) < 4.78 is 5.57. The molecular formula is C24H30N4O. The fraction of sp³-hybridized carbons (Fsp3) is 0.417. The SMILES string of the molecule is CCOc1ccc(CN2CCN(C)CC(Cc3ccnc4cccnc34)C2)cc1. The van der Waals surface area contributed by atoms with E-state index < -0.39 is 0 Å². The molecule has 0 N–H and O–H groups in total. The number of hydrogen-bond donors (Lipinski definition) is 0. The van der Waals surface area contributed by atoms with Gasteiger partial charge >= 0.3 is 0 Å². The average molecular weight is 391 g/mol. The zero-order valence-electron chi connectivity index (χ0n) is 17.4. The lowest BCUT2D eigenvalue weighted by Gasteiger charge is -2.24. The van der Waals surface area contributed by atoms with Gasteiger partial charge in [-0.3, -0.25) is 14.9 Å². The van der Waals surface area contributed by atoms with Gasteiger partial charge in [-0.05, 0) is 67.8 Å². The van der Waals surface area contributed by atoms with Crippen LogP contribution in [-0.2, 0) is 13.0 Å². The molecule has 5 heteroatoms. The zero-order valence-corrected chi connectivity index (χ0v) is 17.4. The predicted octanol–water partition coefficient (Wildman–Crippen LogP) is 3.63. The molecule has 2 aromatic heterocycles. The van der Waals surface area contributed by atoms with E-state index in [9.17, 15) is 0 Å². The van der Waals surface area contributed by atoms with Crippen molar-refractivity contribution in [2.45, 2.75) is 19.9 Å². The van der Waals surface area contributed by atoms with Gasteiger partial charge in [-0.2, -0.15) is 0 Å². The third kappa shape index (κ3) is 5.11. The van der Waals surface area contributed by atoms with E-state index in [4.69, 9.17) is 4.74 Å². The van der Waals surface area contributed by atoms with Gasteiger partial charge in [-0.15, -0.1) is 0 Å². The third-order valence-corrected chi connectivity index (χ3v) is 5.61. The number of nitrogens with zero attached hydrogens (tertiary/aromatic N) is 4. The lowest BCUT2D eigenvalue weighted by atomic mass is 9.97. The fourth-order valence-corrected chi connectivity index (χ4v) is 4.26. The molecule has 0 saturated carbocycles. The highest BCUT2D eigenvalue weighted by Gasteiger charge is 2.22. The van der Waals surface area contributed by atoms with Crippen LogP contribution in [0.4, 0.5) is 0 Å². The Hall–Kier alpha value is -2.50. The van der Waals surface area contributed by atoms with E-state index in [1.165, 1.54) is 11.1 Å². The molecule has 0 aliphatic carbocycles. The second kappa shape index (κ2) is 9.33. The van der Waals surface area contributed by atoms with Crippen molar-refractivity contribution < 1.29 is 4.74 Å². The number of ether oxygens (including phenoxy) is 1. The summed E-state index contributed by atoms with van der Waals surface area (Å²) in [5, 5.41) is 0. The van der Waals surface area contributed by atoms with Crippen LogP contribution in [-0.4, -0.2) is 59.6 Å². The van der Waals surface area contributed by atoms with Crippen molar-refractivity contribution in [1.29, 1.82) is 0 Å². The number of rotatable bonds is 6. The third-order valence-electron chi connectivity index (χ3n) is 5.61. The van der Waals surface area contributed by atoms with Crippen molar-refractivity contribution in [2.24, 2.45) is 5.92 Å². The van der Waals surface area contributed by atoms with Gasteiger partial charge in [-0.1, -0.05) is 12.1 Å². The molecule has 0 amide bonds. The van der Waals surface area contributed by atoms with Crippen molar-refractivity contribution in [1.82, 2.24) is 19.8 Å². The Morgan fingerprint density at radius 1 is 1.00 bits per heavy atom. The number of aromatic nitrogens is 2. The molecular weight excluding hydrogens is 360 g/mol. The van der Waals surface area contributed by atoms with E-state index in [1.807, 2.05) is 31.5 Å². The topological polar surface area (TPSA) is 41.5 Å². The van der Waals surface area contributed by atoms with Crippen molar-refractivity contribution in [3.8, 4) is 5.75 Å². The molecule has 1 saturated heterocycles. The standard InChI is InChI=1S/C24H30N4O/c1-3-29-22-8-6-19(7-9-22)17-28-14-13-27(2)16-20(18-28)15-21-10-12-25-23-5-4-11-26-24(21)23/h4-12,20H,3,13-18H2,1-2H3. The van der Waals surface area contributed by atoms with Gasteiger partial charge in [0.1, 0.15) is 5.75 Å². The summed E-state index contributed by atoms with van der Waals surface area (Å²) in [4.78, 5) is 14.1. The van der Waals surface area contributed by atoms with Crippen LogP contribution in [0.25, 0.3) is 11.0 Å². The minimum absolute atomic E-state index is 0.567. The molecule has 3 aromatic rings. The van der Waals surface area contributed by atoms with Crippen LogP contribution in [0.2, 0.25) is 0 Å². The first-order valence-corrected chi connectivity index (χ1v) is 10.5. The monoisotopic (exact) mass is 390 g/mol. The Labute approximate surface area is 173 Å². The molecule has 0 spiro atoms. The molecule has 4 rings (SSSR count). The second-order valence-electron chi connectivity index (χ2n) is 7.99. The highest BCUT2D eigenvalue weighted by atomic mass is 16.5. The van der Waals surface area contributed by atoms with Gasteiger partial charge in [-0.25, -0.2) is 0 Å². The smallest absolute Gasteiger partial charge is 0.119 e. The second-order valence-corrected chi connectivity index (χ2v) is 7.99. The summed E-state index contributed by atoms with van der Waals surface area (Å²) in [6.45, 7) is 8.09. The molecule has 1 aromatic carbocycles. The Morgan fingerprint density at radius 3 is 2.69 bits per heavy atom. The van der Waals surface area contributed by atoms with Gasteiger partial charge in [0.25, 0.3) is 0 Å². The summed E-state index contributed by atoms with van der Waals surface area (Å²) in [5.74, 6) is 1.51. The largest absolute Gasteiger partial charge is 0.494 e. The van der Waals surface area contributed by atoms with Crippen molar-refractivity contribution >= 4 is 11.0 Å². The first kappa shape index (κ1) is 19.8. The van der Waals surface area contributed by atoms with E-state index in [0.717, 1.165) is 55.9 Å². The number of benzene rings is 1. The Balaban J connectivity index is 1.47. The molecule has 1 unspecified atom stereocenters. The summed E-state index contributed by atoms with van der Waals surface area (Å²) in [5.41, 5.74) is 4.67. The van der Waals surface area contributed by atoms with E-state index in [0.29, 0.717) is 12.5 Å². The van der Waals surface area contributed by atoms with Crippen LogP contribution in [0.3, 0.4) is 0 Å². The minimum atomic E-state index is 0.567. The quantitative estimate of drug-likeness (QED) is 0.643. The molecule has 1 aliphatic rings. The molecule has 1 aliphatic heterocycles. The highest BCUT2D eigenvalue weighted by Crippen LogP contribution is 2.21. The number of pyridine rings is 2. The van der Waals surface area contributed by atoms with Crippen LogP contribution >= 0.6 is 0 Å². The summed E-state index contributed by atoms with van der Waals surface area (Å²) in [7, 11) is 2.23. The first-order valence-electron chi connectivity index (χ1n) is 10.5. The van der Waals surface area contributed by atoms with Gasteiger partial charge in [0.15, 0.2) is 0 Å². The maximum absolute atomic E-state index is 5.57. The van der Waals surface area contributed by atoms with Gasteiger partial charge in [0.05, 0.1) is 17.6 Å². The number of fused-ring (bicyclic) bond motifs is 1. The van der Waals surface area contributed by atoms with E-state index in [-0.39, 0.29) is 0 Å². The fourth-order valence-electron chi connectivity index (χ4n) is 4.26. The van der Waals surface area contributed by atoms with Gasteiger partial charge < -0.3 is 9.64 Å². The Morgan fingerprint density at radius 2 is 1.86 bits per heavy atom. The van der Waals surface area contributed by atoms with Crippen molar-refractivity contribution in [3.05, 3.63) is 66.0 Å². The number of likely N-dealkylation sites (N-methyl/N-ethyl adjacent to an activating group) is 1. The first-order chi connectivity index (χ1) is 14.2. The summed E-state index contributed by atoms with van der Waals surface area (Å²) in [6.07, 6.45) is 4.81. The van der Waals surface area contributed by atoms with Crippen LogP contribution < -0.4 is 4.74 Å². The predicted molar refractivity (Wildman–Crippen MR) is 117 cm³/mol. The molecule has 1 atom stereocenters. The lowest BCUT2D eigenvalue weighted by Crippen LogP contribution is -2.30. The summed E-state index contributed by atoms with van der Waals surface area (Å²) in [6, 6.07) is 14.7. The lowest BCUT2D eigenvalue weighted by molar-refractivity contribution is 0.249. The molecule has 29 heavy (non-hydrogen) atoms. The Bertz CT molecular complexity index is 922. The molecule has 5 nitrogen and oxygen atoms in total. The van der Waals surface area contributed by atoms with Crippen LogP contribution in [0.15, 0.2) is 54.9 Å². The molecule has 3 heterocycles. The molecule has 0 bridgehead atoms. The highest BCUT2D eigenvalue weighted by molar-refractivity contribution is 5.77.